The molecule has 0 spiro atoms. The number of carbonyl (C=O) groups is 1. The van der Waals surface area contributed by atoms with E-state index >= 15 is 0 Å². The number of benzene rings is 2. The molecule has 0 atom stereocenters. The summed E-state index contributed by atoms with van der Waals surface area (Å²) in [6.07, 6.45) is 5.44. The highest BCUT2D eigenvalue weighted by molar-refractivity contribution is 7.99. The summed E-state index contributed by atoms with van der Waals surface area (Å²) in [4.78, 5) is 12.4. The van der Waals surface area contributed by atoms with Gasteiger partial charge in [-0.15, -0.1) is 10.2 Å². The third-order valence-corrected chi connectivity index (χ3v) is 7.05. The van der Waals surface area contributed by atoms with Gasteiger partial charge in [0.25, 0.3) is 0 Å². The summed E-state index contributed by atoms with van der Waals surface area (Å²) in [5.74, 6) is 1.13. The second-order valence-corrected chi connectivity index (χ2v) is 9.26. The predicted molar refractivity (Wildman–Crippen MR) is 127 cm³/mol. The zero-order chi connectivity index (χ0) is 21.6. The van der Waals surface area contributed by atoms with Crippen LogP contribution in [0.4, 0.5) is 0 Å². The first kappa shape index (κ1) is 21.9. The lowest BCUT2D eigenvalue weighted by atomic mass is 10.1. The summed E-state index contributed by atoms with van der Waals surface area (Å²) in [5.41, 5.74) is 3.40. The van der Waals surface area contributed by atoms with Crippen molar-refractivity contribution in [1.29, 1.82) is 0 Å². The third-order valence-electron chi connectivity index (χ3n) is 5.78. The fourth-order valence-electron chi connectivity index (χ4n) is 4.10. The Kier molecular flexibility index (Phi) is 7.30. The Morgan fingerprint density at radius 2 is 1.87 bits per heavy atom. The Morgan fingerprint density at radius 1 is 1.13 bits per heavy atom. The fraction of sp³-hybridized carbons (Fsp3) is 0.375. The molecule has 0 radical (unpaired) electrons. The maximum absolute atomic E-state index is 12.4. The molecule has 0 saturated heterocycles. The minimum Gasteiger partial charge on any atom is -0.355 e. The van der Waals surface area contributed by atoms with Crippen LogP contribution in [0.5, 0.6) is 0 Å². The molecule has 7 heteroatoms. The lowest BCUT2D eigenvalue weighted by Crippen LogP contribution is -2.27. The number of amides is 1. The van der Waals surface area contributed by atoms with E-state index in [0.717, 1.165) is 35.8 Å². The molecule has 0 unspecified atom stereocenters. The molecule has 1 amide bonds. The SMILES string of the molecule is Cc1ccccc1CCNC(=O)CSc1nnc(-c2ccccc2Cl)n1C1CCCC1. The number of aryl methyl sites for hydroxylation is 1. The molecule has 31 heavy (non-hydrogen) atoms. The third kappa shape index (κ3) is 5.31. The molecule has 1 N–H and O–H groups in total. The molecule has 1 heterocycles. The molecule has 5 nitrogen and oxygen atoms in total. The number of aromatic nitrogens is 3. The van der Waals surface area contributed by atoms with Gasteiger partial charge in [-0.2, -0.15) is 0 Å². The van der Waals surface area contributed by atoms with Gasteiger partial charge in [0, 0.05) is 18.2 Å². The monoisotopic (exact) mass is 454 g/mol. The summed E-state index contributed by atoms with van der Waals surface area (Å²) in [6.45, 7) is 2.73. The van der Waals surface area contributed by atoms with E-state index < -0.39 is 0 Å². The average Bonchev–Trinajstić information content (AvgIpc) is 3.43. The average molecular weight is 455 g/mol. The van der Waals surface area contributed by atoms with Gasteiger partial charge >= 0.3 is 0 Å². The number of nitrogens with one attached hydrogen (secondary N) is 1. The van der Waals surface area contributed by atoms with Crippen LogP contribution in [0.25, 0.3) is 11.4 Å². The maximum atomic E-state index is 12.4. The zero-order valence-corrected chi connectivity index (χ0v) is 19.3. The highest BCUT2D eigenvalue weighted by Crippen LogP contribution is 2.38. The van der Waals surface area contributed by atoms with Gasteiger partial charge in [-0.3, -0.25) is 9.36 Å². The topological polar surface area (TPSA) is 59.8 Å². The Morgan fingerprint density at radius 3 is 2.65 bits per heavy atom. The molecule has 1 aliphatic carbocycles. The number of nitrogens with zero attached hydrogens (tertiary/aromatic N) is 3. The summed E-state index contributed by atoms with van der Waals surface area (Å²) < 4.78 is 2.19. The van der Waals surface area contributed by atoms with Gasteiger partial charge in [0.15, 0.2) is 11.0 Å². The lowest BCUT2D eigenvalue weighted by Gasteiger charge is -2.17. The van der Waals surface area contributed by atoms with E-state index in [4.69, 9.17) is 11.6 Å². The Labute approximate surface area is 192 Å². The predicted octanol–water partition coefficient (Wildman–Crippen LogP) is 5.47. The Hall–Kier alpha value is -2.31. The smallest absolute Gasteiger partial charge is 0.230 e. The number of halogens is 1. The Bertz CT molecular complexity index is 1050. The van der Waals surface area contributed by atoms with Crippen molar-refractivity contribution in [3.8, 4) is 11.4 Å². The van der Waals surface area contributed by atoms with E-state index in [1.54, 1.807) is 0 Å². The normalized spacial score (nSPS) is 14.1. The van der Waals surface area contributed by atoms with Crippen molar-refractivity contribution in [1.82, 2.24) is 20.1 Å². The number of rotatable bonds is 8. The number of hydrogen-bond acceptors (Lipinski definition) is 4. The summed E-state index contributed by atoms with van der Waals surface area (Å²) >= 11 is 7.89. The second kappa shape index (κ2) is 10.3. The van der Waals surface area contributed by atoms with Crippen molar-refractivity contribution in [2.45, 2.75) is 50.2 Å². The van der Waals surface area contributed by atoms with Crippen molar-refractivity contribution in [2.24, 2.45) is 0 Å². The molecular formula is C24H27ClN4OS. The molecule has 1 fully saturated rings. The van der Waals surface area contributed by atoms with Crippen LogP contribution in [-0.2, 0) is 11.2 Å². The molecule has 1 aromatic heterocycles. The summed E-state index contributed by atoms with van der Waals surface area (Å²) in [6, 6.07) is 16.4. The van der Waals surface area contributed by atoms with E-state index in [0.29, 0.717) is 23.4 Å². The molecule has 0 bridgehead atoms. The molecule has 1 aliphatic rings. The van der Waals surface area contributed by atoms with Crippen molar-refractivity contribution >= 4 is 29.3 Å². The molecule has 0 aliphatic heterocycles. The molecule has 3 aromatic rings. The molecular weight excluding hydrogens is 428 g/mol. The van der Waals surface area contributed by atoms with Crippen LogP contribution in [-0.4, -0.2) is 33.0 Å². The van der Waals surface area contributed by atoms with Crippen LogP contribution in [0.3, 0.4) is 0 Å². The van der Waals surface area contributed by atoms with Crippen LogP contribution in [0.1, 0.15) is 42.9 Å². The van der Waals surface area contributed by atoms with E-state index in [1.807, 2.05) is 36.4 Å². The van der Waals surface area contributed by atoms with Crippen molar-refractivity contribution in [3.63, 3.8) is 0 Å². The minimum absolute atomic E-state index is 0.0128. The van der Waals surface area contributed by atoms with Gasteiger partial charge in [-0.25, -0.2) is 0 Å². The first-order chi connectivity index (χ1) is 15.1. The molecule has 1 saturated carbocycles. The lowest BCUT2D eigenvalue weighted by molar-refractivity contribution is -0.118. The highest BCUT2D eigenvalue weighted by atomic mass is 35.5. The summed E-state index contributed by atoms with van der Waals surface area (Å²) in [7, 11) is 0. The van der Waals surface area contributed by atoms with Gasteiger partial charge in [-0.1, -0.05) is 72.6 Å². The first-order valence-electron chi connectivity index (χ1n) is 10.8. The number of hydrogen-bond donors (Lipinski definition) is 1. The van der Waals surface area contributed by atoms with Gasteiger partial charge in [0.05, 0.1) is 10.8 Å². The van der Waals surface area contributed by atoms with Gasteiger partial charge in [0.2, 0.25) is 5.91 Å². The first-order valence-corrected chi connectivity index (χ1v) is 12.1. The van der Waals surface area contributed by atoms with Gasteiger partial charge in [0.1, 0.15) is 0 Å². The number of carbonyl (C=O) groups excluding carboxylic acids is 1. The fourth-order valence-corrected chi connectivity index (χ4v) is 5.16. The van der Waals surface area contributed by atoms with Crippen LogP contribution in [0.2, 0.25) is 5.02 Å². The zero-order valence-electron chi connectivity index (χ0n) is 17.7. The van der Waals surface area contributed by atoms with E-state index in [-0.39, 0.29) is 5.91 Å². The van der Waals surface area contributed by atoms with E-state index in [2.05, 4.69) is 39.1 Å². The van der Waals surface area contributed by atoms with E-state index in [1.165, 1.54) is 35.7 Å². The van der Waals surface area contributed by atoms with Crippen LogP contribution in [0.15, 0.2) is 53.7 Å². The quantitative estimate of drug-likeness (QED) is 0.458. The van der Waals surface area contributed by atoms with E-state index in [9.17, 15) is 4.79 Å². The van der Waals surface area contributed by atoms with Crippen LogP contribution in [0, 0.1) is 6.92 Å². The van der Waals surface area contributed by atoms with Crippen molar-refractivity contribution < 1.29 is 4.79 Å². The van der Waals surface area contributed by atoms with Gasteiger partial charge < -0.3 is 5.32 Å². The van der Waals surface area contributed by atoms with Crippen LogP contribution < -0.4 is 5.32 Å². The van der Waals surface area contributed by atoms with Crippen molar-refractivity contribution in [3.05, 3.63) is 64.7 Å². The van der Waals surface area contributed by atoms with Crippen LogP contribution >= 0.6 is 23.4 Å². The standard InChI is InChI=1S/C24H27ClN4OS/c1-17-8-2-3-9-18(17)14-15-26-22(30)16-31-24-28-27-23(20-12-6-7-13-21(20)25)29(24)19-10-4-5-11-19/h2-3,6-9,12-13,19H,4-5,10-11,14-16H2,1H3,(H,26,30). The Balaban J connectivity index is 1.41. The van der Waals surface area contributed by atoms with Gasteiger partial charge in [-0.05, 0) is 49.4 Å². The summed E-state index contributed by atoms with van der Waals surface area (Å²) in [5, 5.41) is 13.4. The molecule has 2 aromatic carbocycles. The minimum atomic E-state index is 0.0128. The molecule has 4 rings (SSSR count). The highest BCUT2D eigenvalue weighted by Gasteiger charge is 2.26. The largest absolute Gasteiger partial charge is 0.355 e. The maximum Gasteiger partial charge on any atom is 0.230 e. The second-order valence-electron chi connectivity index (χ2n) is 7.91. The molecule has 162 valence electrons. The number of thioether (sulfide) groups is 1. The van der Waals surface area contributed by atoms with Crippen molar-refractivity contribution in [2.75, 3.05) is 12.3 Å².